The Kier molecular flexibility index (Phi) is 5.03. The molecule has 1 N–H and O–H groups in total. The minimum Gasteiger partial charge on any atom is -0.481 e. The fourth-order valence-electron chi connectivity index (χ4n) is 2.69. The lowest BCUT2D eigenvalue weighted by atomic mass is 10.2. The maximum Gasteiger partial charge on any atom is 0.306 e. The molecule has 25 heavy (non-hydrogen) atoms. The van der Waals surface area contributed by atoms with Gasteiger partial charge in [-0.25, -0.2) is 0 Å². The van der Waals surface area contributed by atoms with Crippen molar-refractivity contribution in [3.63, 3.8) is 0 Å². The maximum atomic E-state index is 12.7. The molecular weight excluding hydrogens is 326 g/mol. The van der Waals surface area contributed by atoms with Crippen molar-refractivity contribution in [2.75, 3.05) is 19.7 Å². The molecule has 1 saturated heterocycles. The Balaban J connectivity index is 1.68. The largest absolute Gasteiger partial charge is 0.481 e. The first-order valence-corrected chi connectivity index (χ1v) is 8.01. The number of amides is 1. The zero-order chi connectivity index (χ0) is 17.8. The van der Waals surface area contributed by atoms with Gasteiger partial charge in [0.05, 0.1) is 19.1 Å². The summed E-state index contributed by atoms with van der Waals surface area (Å²) in [6.07, 6.45) is -0.622. The summed E-state index contributed by atoms with van der Waals surface area (Å²) in [5, 5.41) is 21.1. The summed E-state index contributed by atoms with van der Waals surface area (Å²) < 4.78 is 5.39. The smallest absolute Gasteiger partial charge is 0.306 e. The molecule has 2 aromatic rings. The number of hydrogen-bond acceptors (Lipinski definition) is 6. The van der Waals surface area contributed by atoms with Crippen LogP contribution in [0.25, 0.3) is 11.4 Å². The predicted molar refractivity (Wildman–Crippen MR) is 86.5 cm³/mol. The van der Waals surface area contributed by atoms with E-state index in [9.17, 15) is 9.59 Å². The average Bonchev–Trinajstić information content (AvgIpc) is 3.11. The van der Waals surface area contributed by atoms with Crippen molar-refractivity contribution in [2.24, 2.45) is 0 Å². The van der Waals surface area contributed by atoms with Crippen LogP contribution in [0.3, 0.4) is 0 Å². The molecule has 1 aromatic heterocycles. The molecule has 2 atom stereocenters. The van der Waals surface area contributed by atoms with Gasteiger partial charge in [0.1, 0.15) is 6.04 Å². The molecule has 132 valence electrons. The lowest BCUT2D eigenvalue weighted by Gasteiger charge is -2.33. The minimum atomic E-state index is -0.946. The SMILES string of the molecule is C[C@H](C(=O)N1CCO[C@@H](CC(=O)O)C1)n1nnc(-c2ccccc2)n1. The van der Waals surface area contributed by atoms with Gasteiger partial charge >= 0.3 is 5.97 Å². The molecule has 9 nitrogen and oxygen atoms in total. The minimum absolute atomic E-state index is 0.127. The normalized spacial score (nSPS) is 18.8. The summed E-state index contributed by atoms with van der Waals surface area (Å²) in [6.45, 7) is 2.67. The number of aromatic nitrogens is 4. The number of morpholine rings is 1. The van der Waals surface area contributed by atoms with Gasteiger partial charge in [0, 0.05) is 18.7 Å². The van der Waals surface area contributed by atoms with E-state index < -0.39 is 18.1 Å². The third-order valence-electron chi connectivity index (χ3n) is 4.02. The van der Waals surface area contributed by atoms with Crippen molar-refractivity contribution in [2.45, 2.75) is 25.5 Å². The number of hydrogen-bond donors (Lipinski definition) is 1. The van der Waals surface area contributed by atoms with Gasteiger partial charge in [0.2, 0.25) is 11.7 Å². The first-order valence-electron chi connectivity index (χ1n) is 8.01. The summed E-state index contributed by atoms with van der Waals surface area (Å²) in [5.41, 5.74) is 0.821. The number of nitrogens with zero attached hydrogens (tertiary/aromatic N) is 5. The van der Waals surface area contributed by atoms with Gasteiger partial charge in [-0.15, -0.1) is 10.2 Å². The van der Waals surface area contributed by atoms with Crippen molar-refractivity contribution in [1.82, 2.24) is 25.1 Å². The van der Waals surface area contributed by atoms with Crippen LogP contribution in [0.1, 0.15) is 19.4 Å². The van der Waals surface area contributed by atoms with E-state index in [0.29, 0.717) is 19.0 Å². The molecule has 1 fully saturated rings. The van der Waals surface area contributed by atoms with Gasteiger partial charge in [-0.1, -0.05) is 30.3 Å². The van der Waals surface area contributed by atoms with Gasteiger partial charge in [0.15, 0.2) is 0 Å². The Labute approximate surface area is 144 Å². The van der Waals surface area contributed by atoms with Gasteiger partial charge in [-0.3, -0.25) is 9.59 Å². The van der Waals surface area contributed by atoms with E-state index in [1.165, 1.54) is 4.80 Å². The number of tetrazole rings is 1. The molecule has 9 heteroatoms. The summed E-state index contributed by atoms with van der Waals surface area (Å²) in [7, 11) is 0. The highest BCUT2D eigenvalue weighted by Gasteiger charge is 2.30. The molecule has 0 radical (unpaired) electrons. The molecule has 1 aliphatic heterocycles. The van der Waals surface area contributed by atoms with Crippen molar-refractivity contribution in [3.8, 4) is 11.4 Å². The molecular formula is C16H19N5O4. The molecule has 1 aliphatic rings. The first-order chi connectivity index (χ1) is 12.0. The number of carboxylic acid groups (broad SMARTS) is 1. The topological polar surface area (TPSA) is 110 Å². The van der Waals surface area contributed by atoms with Gasteiger partial charge in [0.25, 0.3) is 0 Å². The Hall–Kier alpha value is -2.81. The third-order valence-corrected chi connectivity index (χ3v) is 4.02. The Morgan fingerprint density at radius 1 is 1.36 bits per heavy atom. The fourth-order valence-corrected chi connectivity index (χ4v) is 2.69. The molecule has 0 saturated carbocycles. The van der Waals surface area contributed by atoms with E-state index in [1.807, 2.05) is 30.3 Å². The number of carbonyl (C=O) groups excluding carboxylic acids is 1. The van der Waals surface area contributed by atoms with Gasteiger partial charge in [-0.2, -0.15) is 4.80 Å². The second-order valence-electron chi connectivity index (χ2n) is 5.85. The van der Waals surface area contributed by atoms with Gasteiger partial charge in [-0.05, 0) is 12.1 Å². The third kappa shape index (κ3) is 4.00. The number of carboxylic acids is 1. The zero-order valence-electron chi connectivity index (χ0n) is 13.8. The van der Waals surface area contributed by atoms with E-state index in [-0.39, 0.29) is 18.9 Å². The molecule has 1 aromatic carbocycles. The molecule has 0 aliphatic carbocycles. The Morgan fingerprint density at radius 2 is 2.12 bits per heavy atom. The second kappa shape index (κ2) is 7.39. The summed E-state index contributed by atoms with van der Waals surface area (Å²) in [6, 6.07) is 8.75. The molecule has 2 heterocycles. The Bertz CT molecular complexity index is 748. The summed E-state index contributed by atoms with van der Waals surface area (Å²) in [4.78, 5) is 26.4. The number of aliphatic carboxylic acids is 1. The quantitative estimate of drug-likeness (QED) is 0.845. The van der Waals surface area contributed by atoms with Crippen molar-refractivity contribution in [1.29, 1.82) is 0 Å². The van der Waals surface area contributed by atoms with Crippen molar-refractivity contribution >= 4 is 11.9 Å². The van der Waals surface area contributed by atoms with Crippen LogP contribution < -0.4 is 0 Å². The monoisotopic (exact) mass is 345 g/mol. The van der Waals surface area contributed by atoms with Crippen LogP contribution in [0.2, 0.25) is 0 Å². The highest BCUT2D eigenvalue weighted by atomic mass is 16.5. The van der Waals surface area contributed by atoms with Crippen LogP contribution in [0.5, 0.6) is 0 Å². The number of ether oxygens (including phenoxy) is 1. The predicted octanol–water partition coefficient (Wildman–Crippen LogP) is 0.603. The fraction of sp³-hybridized carbons (Fsp3) is 0.438. The van der Waals surface area contributed by atoms with E-state index in [4.69, 9.17) is 9.84 Å². The van der Waals surface area contributed by atoms with Crippen LogP contribution in [0, 0.1) is 0 Å². The number of benzene rings is 1. The van der Waals surface area contributed by atoms with E-state index in [0.717, 1.165) is 5.56 Å². The van der Waals surface area contributed by atoms with E-state index in [1.54, 1.807) is 11.8 Å². The molecule has 0 spiro atoms. The highest BCUT2D eigenvalue weighted by Crippen LogP contribution is 2.16. The standard InChI is InChI=1S/C16H19N5O4/c1-11(16(24)20-7-8-25-13(10-20)9-14(22)23)21-18-15(17-19-21)12-5-3-2-4-6-12/h2-6,11,13H,7-10H2,1H3,(H,22,23)/t11-,13+/m1/s1. The average molecular weight is 345 g/mol. The molecule has 1 amide bonds. The number of rotatable bonds is 5. The Morgan fingerprint density at radius 3 is 2.84 bits per heavy atom. The van der Waals surface area contributed by atoms with E-state index in [2.05, 4.69) is 15.4 Å². The summed E-state index contributed by atoms with van der Waals surface area (Å²) >= 11 is 0. The lowest BCUT2D eigenvalue weighted by molar-refractivity contribution is -0.149. The highest BCUT2D eigenvalue weighted by molar-refractivity contribution is 5.80. The van der Waals surface area contributed by atoms with Crippen LogP contribution in [-0.4, -0.2) is 67.9 Å². The first kappa shape index (κ1) is 17.0. The molecule has 0 unspecified atom stereocenters. The van der Waals surface area contributed by atoms with Gasteiger partial charge < -0.3 is 14.7 Å². The van der Waals surface area contributed by atoms with Crippen LogP contribution in [0.15, 0.2) is 30.3 Å². The molecule has 0 bridgehead atoms. The lowest BCUT2D eigenvalue weighted by Crippen LogP contribution is -2.48. The van der Waals surface area contributed by atoms with Crippen molar-refractivity contribution < 1.29 is 19.4 Å². The van der Waals surface area contributed by atoms with E-state index >= 15 is 0 Å². The zero-order valence-corrected chi connectivity index (χ0v) is 13.8. The van der Waals surface area contributed by atoms with Crippen LogP contribution in [0.4, 0.5) is 0 Å². The maximum absolute atomic E-state index is 12.7. The molecule has 3 rings (SSSR count). The second-order valence-corrected chi connectivity index (χ2v) is 5.85. The summed E-state index contributed by atoms with van der Waals surface area (Å²) in [5.74, 6) is -0.681. The number of carbonyl (C=O) groups is 2. The van der Waals surface area contributed by atoms with Crippen LogP contribution in [-0.2, 0) is 14.3 Å². The van der Waals surface area contributed by atoms with Crippen molar-refractivity contribution in [3.05, 3.63) is 30.3 Å². The van der Waals surface area contributed by atoms with Crippen LogP contribution >= 0.6 is 0 Å².